The van der Waals surface area contributed by atoms with Crippen molar-refractivity contribution >= 4 is 11.3 Å². The number of hydrogen-bond donors (Lipinski definition) is 1. The predicted octanol–water partition coefficient (Wildman–Crippen LogP) is 3.41. The lowest BCUT2D eigenvalue weighted by molar-refractivity contribution is 0.893. The Labute approximate surface area is 94.6 Å². The number of hydrogen-bond acceptors (Lipinski definition) is 2. The van der Waals surface area contributed by atoms with Gasteiger partial charge < -0.3 is 5.73 Å². The fraction of sp³-hybridized carbons (Fsp3) is 0.231. The molecule has 0 spiro atoms. The average Bonchev–Trinajstić information content (AvgIpc) is 2.65. The highest BCUT2D eigenvalue weighted by atomic mass is 32.1. The SMILES string of the molecule is Cc1ccc(C(N)c2ccc(C)s2)cc1. The van der Waals surface area contributed by atoms with Crippen LogP contribution in [0, 0.1) is 13.8 Å². The van der Waals surface area contributed by atoms with Gasteiger partial charge in [0.25, 0.3) is 0 Å². The van der Waals surface area contributed by atoms with Crippen molar-refractivity contribution in [1.82, 2.24) is 0 Å². The van der Waals surface area contributed by atoms with Crippen molar-refractivity contribution in [2.75, 3.05) is 0 Å². The molecule has 0 saturated heterocycles. The highest BCUT2D eigenvalue weighted by molar-refractivity contribution is 7.12. The first-order chi connectivity index (χ1) is 7.16. The second-order valence-corrected chi connectivity index (χ2v) is 5.16. The van der Waals surface area contributed by atoms with Crippen molar-refractivity contribution in [3.05, 3.63) is 57.3 Å². The Morgan fingerprint density at radius 1 is 1.00 bits per heavy atom. The monoisotopic (exact) mass is 217 g/mol. The molecule has 2 heteroatoms. The third kappa shape index (κ3) is 2.28. The Bertz CT molecular complexity index is 442. The van der Waals surface area contributed by atoms with Crippen molar-refractivity contribution in [3.63, 3.8) is 0 Å². The minimum atomic E-state index is 0.0179. The second kappa shape index (κ2) is 4.17. The molecule has 0 radical (unpaired) electrons. The Balaban J connectivity index is 2.28. The van der Waals surface area contributed by atoms with Crippen LogP contribution in [0.5, 0.6) is 0 Å². The summed E-state index contributed by atoms with van der Waals surface area (Å²) >= 11 is 1.77. The fourth-order valence-electron chi connectivity index (χ4n) is 1.56. The van der Waals surface area contributed by atoms with E-state index in [1.807, 2.05) is 0 Å². The Kier molecular flexibility index (Phi) is 2.89. The van der Waals surface area contributed by atoms with Crippen molar-refractivity contribution in [2.24, 2.45) is 5.73 Å². The molecule has 0 bridgehead atoms. The molecule has 15 heavy (non-hydrogen) atoms. The molecule has 0 fully saturated rings. The molecular formula is C13H15NS. The fourth-order valence-corrected chi connectivity index (χ4v) is 2.47. The van der Waals surface area contributed by atoms with E-state index in [1.54, 1.807) is 11.3 Å². The summed E-state index contributed by atoms with van der Waals surface area (Å²) in [5, 5.41) is 0. The van der Waals surface area contributed by atoms with E-state index in [9.17, 15) is 0 Å². The third-order valence-electron chi connectivity index (χ3n) is 2.50. The molecule has 1 nitrogen and oxygen atoms in total. The van der Waals surface area contributed by atoms with E-state index in [4.69, 9.17) is 5.73 Å². The topological polar surface area (TPSA) is 26.0 Å². The van der Waals surface area contributed by atoms with E-state index in [1.165, 1.54) is 20.9 Å². The number of nitrogens with two attached hydrogens (primary N) is 1. The minimum Gasteiger partial charge on any atom is -0.320 e. The van der Waals surface area contributed by atoms with E-state index in [2.05, 4.69) is 50.2 Å². The molecule has 0 aliphatic rings. The van der Waals surface area contributed by atoms with Gasteiger partial charge in [-0.3, -0.25) is 0 Å². The first-order valence-electron chi connectivity index (χ1n) is 5.05. The number of rotatable bonds is 2. The maximum Gasteiger partial charge on any atom is 0.0646 e. The maximum atomic E-state index is 6.19. The van der Waals surface area contributed by atoms with Crippen LogP contribution in [0.1, 0.15) is 26.9 Å². The van der Waals surface area contributed by atoms with Gasteiger partial charge >= 0.3 is 0 Å². The summed E-state index contributed by atoms with van der Waals surface area (Å²) in [7, 11) is 0. The first kappa shape index (κ1) is 10.4. The highest BCUT2D eigenvalue weighted by Gasteiger charge is 2.09. The normalized spacial score (nSPS) is 12.7. The number of thiophene rings is 1. The summed E-state index contributed by atoms with van der Waals surface area (Å²) in [6.45, 7) is 4.20. The number of benzene rings is 1. The van der Waals surface area contributed by atoms with Gasteiger partial charge in [0.1, 0.15) is 0 Å². The summed E-state index contributed by atoms with van der Waals surface area (Å²) in [5.41, 5.74) is 8.64. The molecule has 2 aromatic rings. The van der Waals surface area contributed by atoms with Crippen LogP contribution in [0.15, 0.2) is 36.4 Å². The first-order valence-corrected chi connectivity index (χ1v) is 5.87. The van der Waals surface area contributed by atoms with Crippen LogP contribution in [0.2, 0.25) is 0 Å². The van der Waals surface area contributed by atoms with Gasteiger partial charge in [-0.05, 0) is 31.5 Å². The van der Waals surface area contributed by atoms with Crippen LogP contribution in [0.25, 0.3) is 0 Å². The molecule has 1 atom stereocenters. The Hall–Kier alpha value is -1.12. The molecule has 1 aromatic carbocycles. The molecule has 2 N–H and O–H groups in total. The molecular weight excluding hydrogens is 202 g/mol. The van der Waals surface area contributed by atoms with Gasteiger partial charge in [-0.25, -0.2) is 0 Å². The standard InChI is InChI=1S/C13H15NS/c1-9-3-6-11(7-4-9)13(14)12-8-5-10(2)15-12/h3-8,13H,14H2,1-2H3. The molecule has 1 unspecified atom stereocenters. The van der Waals surface area contributed by atoms with Crippen LogP contribution >= 0.6 is 11.3 Å². The van der Waals surface area contributed by atoms with Gasteiger partial charge in [-0.2, -0.15) is 0 Å². The molecule has 0 saturated carbocycles. The quantitative estimate of drug-likeness (QED) is 0.819. The van der Waals surface area contributed by atoms with Crippen LogP contribution in [-0.2, 0) is 0 Å². The maximum absolute atomic E-state index is 6.19. The van der Waals surface area contributed by atoms with E-state index < -0.39 is 0 Å². The lowest BCUT2D eigenvalue weighted by Gasteiger charge is -2.09. The second-order valence-electron chi connectivity index (χ2n) is 3.84. The van der Waals surface area contributed by atoms with Crippen molar-refractivity contribution in [1.29, 1.82) is 0 Å². The molecule has 0 aliphatic heterocycles. The highest BCUT2D eigenvalue weighted by Crippen LogP contribution is 2.26. The lowest BCUT2D eigenvalue weighted by Crippen LogP contribution is -2.09. The zero-order valence-electron chi connectivity index (χ0n) is 9.03. The molecule has 0 aliphatic carbocycles. The summed E-state index contributed by atoms with van der Waals surface area (Å²) < 4.78 is 0. The average molecular weight is 217 g/mol. The molecule has 0 amide bonds. The third-order valence-corrected chi connectivity index (χ3v) is 3.59. The van der Waals surface area contributed by atoms with Gasteiger partial charge in [0.05, 0.1) is 6.04 Å². The van der Waals surface area contributed by atoms with Gasteiger partial charge in [-0.15, -0.1) is 11.3 Å². The van der Waals surface area contributed by atoms with Crippen LogP contribution < -0.4 is 5.73 Å². The van der Waals surface area contributed by atoms with Gasteiger partial charge in [0.15, 0.2) is 0 Å². The summed E-state index contributed by atoms with van der Waals surface area (Å²) in [6, 6.07) is 12.7. The van der Waals surface area contributed by atoms with E-state index in [0.29, 0.717) is 0 Å². The zero-order valence-corrected chi connectivity index (χ0v) is 9.84. The van der Waals surface area contributed by atoms with Gasteiger partial charge in [-0.1, -0.05) is 29.8 Å². The summed E-state index contributed by atoms with van der Waals surface area (Å²) in [6.07, 6.45) is 0. The zero-order chi connectivity index (χ0) is 10.8. The molecule has 1 aromatic heterocycles. The smallest absolute Gasteiger partial charge is 0.0646 e. The predicted molar refractivity (Wildman–Crippen MR) is 66.3 cm³/mol. The van der Waals surface area contributed by atoms with Crippen LogP contribution in [0.4, 0.5) is 0 Å². The van der Waals surface area contributed by atoms with Crippen molar-refractivity contribution in [2.45, 2.75) is 19.9 Å². The van der Waals surface area contributed by atoms with Crippen molar-refractivity contribution < 1.29 is 0 Å². The molecule has 2 rings (SSSR count). The van der Waals surface area contributed by atoms with Crippen LogP contribution in [-0.4, -0.2) is 0 Å². The Morgan fingerprint density at radius 3 is 2.20 bits per heavy atom. The summed E-state index contributed by atoms with van der Waals surface area (Å²) in [4.78, 5) is 2.55. The lowest BCUT2D eigenvalue weighted by atomic mass is 10.0. The Morgan fingerprint density at radius 2 is 1.67 bits per heavy atom. The van der Waals surface area contributed by atoms with E-state index in [-0.39, 0.29) is 6.04 Å². The number of aryl methyl sites for hydroxylation is 2. The molecule has 1 heterocycles. The van der Waals surface area contributed by atoms with E-state index in [0.717, 1.165) is 0 Å². The van der Waals surface area contributed by atoms with Gasteiger partial charge in [0.2, 0.25) is 0 Å². The van der Waals surface area contributed by atoms with Crippen LogP contribution in [0.3, 0.4) is 0 Å². The molecule has 78 valence electrons. The van der Waals surface area contributed by atoms with Crippen molar-refractivity contribution in [3.8, 4) is 0 Å². The van der Waals surface area contributed by atoms with Gasteiger partial charge in [0, 0.05) is 9.75 Å². The van der Waals surface area contributed by atoms with E-state index >= 15 is 0 Å². The summed E-state index contributed by atoms with van der Waals surface area (Å²) in [5.74, 6) is 0. The minimum absolute atomic E-state index is 0.0179. The largest absolute Gasteiger partial charge is 0.320 e.